The van der Waals surface area contributed by atoms with Crippen LogP contribution in [0.4, 0.5) is 5.95 Å². The minimum Gasteiger partial charge on any atom is -0.467 e. The summed E-state index contributed by atoms with van der Waals surface area (Å²) in [4.78, 5) is 14.8. The lowest BCUT2D eigenvalue weighted by Gasteiger charge is -2.35. The van der Waals surface area contributed by atoms with Gasteiger partial charge < -0.3 is 14.6 Å². The molecule has 1 aliphatic rings. The summed E-state index contributed by atoms with van der Waals surface area (Å²) in [7, 11) is 0. The van der Waals surface area contributed by atoms with E-state index in [2.05, 4.69) is 52.7 Å². The monoisotopic (exact) mass is 419 g/mol. The van der Waals surface area contributed by atoms with Crippen LogP contribution in [0.1, 0.15) is 46.8 Å². The van der Waals surface area contributed by atoms with Gasteiger partial charge in [-0.05, 0) is 43.2 Å². The van der Waals surface area contributed by atoms with Gasteiger partial charge in [-0.1, -0.05) is 39.5 Å². The second-order valence-corrected chi connectivity index (χ2v) is 10.0. The zero-order valence-electron chi connectivity index (χ0n) is 18.1. The lowest BCUT2D eigenvalue weighted by molar-refractivity contribution is -0.120. The van der Waals surface area contributed by atoms with Gasteiger partial charge in [-0.2, -0.15) is 0 Å². The number of hydrogen-bond donors (Lipinski definition) is 1. The van der Waals surface area contributed by atoms with Crippen LogP contribution in [0, 0.1) is 17.8 Å². The average molecular weight is 420 g/mol. The van der Waals surface area contributed by atoms with Gasteiger partial charge in [-0.25, -0.2) is 0 Å². The predicted molar refractivity (Wildman–Crippen MR) is 116 cm³/mol. The smallest absolute Gasteiger partial charge is 0.233 e. The molecule has 3 unspecified atom stereocenters. The molecule has 0 spiro atoms. The second-order valence-electron chi connectivity index (χ2n) is 8.70. The second kappa shape index (κ2) is 9.69. The summed E-state index contributed by atoms with van der Waals surface area (Å²) >= 11 is 1.45. The Morgan fingerprint density at radius 3 is 2.62 bits per heavy atom. The number of nitrogens with one attached hydrogen (secondary N) is 1. The molecule has 0 radical (unpaired) electrons. The van der Waals surface area contributed by atoms with E-state index in [1.807, 2.05) is 19.1 Å². The quantitative estimate of drug-likeness (QED) is 0.658. The molecule has 1 N–H and O–H groups in total. The molecule has 3 atom stereocenters. The molecule has 0 saturated carbocycles. The van der Waals surface area contributed by atoms with Crippen molar-refractivity contribution in [3.05, 3.63) is 24.2 Å². The van der Waals surface area contributed by atoms with Crippen molar-refractivity contribution in [2.45, 2.75) is 58.0 Å². The molecule has 1 saturated heterocycles. The number of hydrogen-bond acceptors (Lipinski definition) is 6. The van der Waals surface area contributed by atoms with Crippen molar-refractivity contribution in [1.29, 1.82) is 0 Å². The SMILES string of the molecule is CC(C)CNC(=O)C(C)Sc1nnc(N2CC(C)CC(C)C2)n1Cc1ccco1. The molecule has 29 heavy (non-hydrogen) atoms. The summed E-state index contributed by atoms with van der Waals surface area (Å²) in [5, 5.41) is 12.5. The van der Waals surface area contributed by atoms with Crippen LogP contribution in [0.3, 0.4) is 0 Å². The Labute approximate surface area is 177 Å². The molecule has 160 valence electrons. The molecule has 3 heterocycles. The Bertz CT molecular complexity index is 779. The van der Waals surface area contributed by atoms with Gasteiger partial charge in [-0.15, -0.1) is 10.2 Å². The van der Waals surface area contributed by atoms with Gasteiger partial charge in [0.2, 0.25) is 11.9 Å². The third-order valence-corrected chi connectivity index (χ3v) is 6.16. The van der Waals surface area contributed by atoms with Gasteiger partial charge in [0.25, 0.3) is 0 Å². The molecule has 7 nitrogen and oxygen atoms in total. The molecule has 2 aromatic rings. The van der Waals surface area contributed by atoms with Crippen molar-refractivity contribution >= 4 is 23.6 Å². The largest absolute Gasteiger partial charge is 0.467 e. The van der Waals surface area contributed by atoms with Gasteiger partial charge in [0.15, 0.2) is 5.16 Å². The van der Waals surface area contributed by atoms with Gasteiger partial charge in [0, 0.05) is 19.6 Å². The summed E-state index contributed by atoms with van der Waals surface area (Å²) in [5.41, 5.74) is 0. The lowest BCUT2D eigenvalue weighted by atomic mass is 9.92. The number of rotatable bonds is 8. The number of carbonyl (C=O) groups is 1. The van der Waals surface area contributed by atoms with E-state index in [0.717, 1.165) is 30.0 Å². The molecule has 2 aromatic heterocycles. The molecule has 1 fully saturated rings. The van der Waals surface area contributed by atoms with Crippen LogP contribution in [-0.4, -0.2) is 45.6 Å². The van der Waals surface area contributed by atoms with E-state index in [-0.39, 0.29) is 11.2 Å². The number of carbonyl (C=O) groups excluding carboxylic acids is 1. The number of thioether (sulfide) groups is 1. The van der Waals surface area contributed by atoms with Crippen molar-refractivity contribution < 1.29 is 9.21 Å². The Balaban J connectivity index is 1.81. The van der Waals surface area contributed by atoms with Crippen molar-refractivity contribution in [3.63, 3.8) is 0 Å². The summed E-state index contributed by atoms with van der Waals surface area (Å²) in [6.07, 6.45) is 2.91. The summed E-state index contributed by atoms with van der Waals surface area (Å²) in [6.45, 7) is 13.8. The van der Waals surface area contributed by atoms with E-state index in [1.165, 1.54) is 18.2 Å². The molecule has 0 aromatic carbocycles. The highest BCUT2D eigenvalue weighted by Crippen LogP contribution is 2.30. The Morgan fingerprint density at radius 2 is 2.00 bits per heavy atom. The van der Waals surface area contributed by atoms with E-state index < -0.39 is 0 Å². The maximum Gasteiger partial charge on any atom is 0.233 e. The Morgan fingerprint density at radius 1 is 1.28 bits per heavy atom. The number of amides is 1. The van der Waals surface area contributed by atoms with Gasteiger partial charge in [0.05, 0.1) is 18.1 Å². The molecule has 0 aliphatic carbocycles. The van der Waals surface area contributed by atoms with Crippen molar-refractivity contribution in [2.24, 2.45) is 17.8 Å². The molecular formula is C21H33N5O2S. The van der Waals surface area contributed by atoms with Crippen LogP contribution in [0.15, 0.2) is 28.0 Å². The molecular weight excluding hydrogens is 386 g/mol. The topological polar surface area (TPSA) is 76.2 Å². The number of aromatic nitrogens is 3. The number of anilines is 1. The first-order valence-electron chi connectivity index (χ1n) is 10.5. The summed E-state index contributed by atoms with van der Waals surface area (Å²) < 4.78 is 7.66. The highest BCUT2D eigenvalue weighted by molar-refractivity contribution is 8.00. The minimum atomic E-state index is -0.250. The molecule has 1 aliphatic heterocycles. The third kappa shape index (κ3) is 5.78. The Kier molecular flexibility index (Phi) is 7.27. The van der Waals surface area contributed by atoms with Crippen LogP contribution >= 0.6 is 11.8 Å². The molecule has 3 rings (SSSR count). The van der Waals surface area contributed by atoms with Gasteiger partial charge in [-0.3, -0.25) is 9.36 Å². The first kappa shape index (κ1) is 21.7. The summed E-state index contributed by atoms with van der Waals surface area (Å²) in [5.74, 6) is 3.39. The first-order valence-corrected chi connectivity index (χ1v) is 11.4. The van der Waals surface area contributed by atoms with Crippen LogP contribution in [0.2, 0.25) is 0 Å². The number of piperidine rings is 1. The van der Waals surface area contributed by atoms with Crippen molar-refractivity contribution in [2.75, 3.05) is 24.5 Å². The minimum absolute atomic E-state index is 0.0259. The standard InChI is InChI=1S/C21H33N5O2S/c1-14(2)10-22-19(27)17(5)29-21-24-23-20(25-11-15(3)9-16(4)12-25)26(21)13-18-7-6-8-28-18/h6-8,14-17H,9-13H2,1-5H3,(H,22,27). The van der Waals surface area contributed by atoms with Crippen molar-refractivity contribution in [3.8, 4) is 0 Å². The average Bonchev–Trinajstić information content (AvgIpc) is 3.29. The van der Waals surface area contributed by atoms with Crippen LogP contribution < -0.4 is 10.2 Å². The van der Waals surface area contributed by atoms with Crippen LogP contribution in [0.5, 0.6) is 0 Å². The zero-order chi connectivity index (χ0) is 21.0. The number of nitrogens with zero attached hydrogens (tertiary/aromatic N) is 4. The van der Waals surface area contributed by atoms with Crippen LogP contribution in [-0.2, 0) is 11.3 Å². The fourth-order valence-electron chi connectivity index (χ4n) is 3.79. The fourth-order valence-corrected chi connectivity index (χ4v) is 4.65. The van der Waals surface area contributed by atoms with E-state index in [1.54, 1.807) is 6.26 Å². The lowest BCUT2D eigenvalue weighted by Crippen LogP contribution is -2.40. The normalized spacial score (nSPS) is 20.8. The van der Waals surface area contributed by atoms with E-state index in [4.69, 9.17) is 4.42 Å². The van der Waals surface area contributed by atoms with Crippen LogP contribution in [0.25, 0.3) is 0 Å². The van der Waals surface area contributed by atoms with Gasteiger partial charge >= 0.3 is 0 Å². The molecule has 8 heteroatoms. The number of furan rings is 1. The van der Waals surface area contributed by atoms with Crippen molar-refractivity contribution in [1.82, 2.24) is 20.1 Å². The van der Waals surface area contributed by atoms with E-state index in [0.29, 0.717) is 30.8 Å². The van der Waals surface area contributed by atoms with Gasteiger partial charge in [0.1, 0.15) is 5.76 Å². The first-order chi connectivity index (χ1) is 13.8. The Hall–Kier alpha value is -1.96. The maximum absolute atomic E-state index is 12.5. The fraction of sp³-hybridized carbons (Fsp3) is 0.667. The zero-order valence-corrected chi connectivity index (χ0v) is 18.9. The highest BCUT2D eigenvalue weighted by Gasteiger charge is 2.28. The highest BCUT2D eigenvalue weighted by atomic mass is 32.2. The maximum atomic E-state index is 12.5. The molecule has 1 amide bonds. The predicted octanol–water partition coefficient (Wildman–Crippen LogP) is 3.65. The van der Waals surface area contributed by atoms with E-state index in [9.17, 15) is 4.79 Å². The third-order valence-electron chi connectivity index (χ3n) is 5.08. The molecule has 0 bridgehead atoms. The van der Waals surface area contributed by atoms with E-state index >= 15 is 0 Å². The summed E-state index contributed by atoms with van der Waals surface area (Å²) in [6, 6.07) is 3.84.